The van der Waals surface area contributed by atoms with E-state index in [-0.39, 0.29) is 56.3 Å². The molecule has 3 aliphatic heterocycles. The molecule has 23 heavy (non-hydrogen) atoms. The number of aliphatic hydroxyl groups is 2. The Balaban J connectivity index is 0.00000132. The predicted octanol–water partition coefficient (Wildman–Crippen LogP) is -3.01. The maximum Gasteiger partial charge on any atom is 0.404 e. The van der Waals surface area contributed by atoms with Gasteiger partial charge in [0.15, 0.2) is 17.6 Å². The summed E-state index contributed by atoms with van der Waals surface area (Å²) in [5, 5.41) is 23.5. The van der Waals surface area contributed by atoms with E-state index in [2.05, 4.69) is 15.3 Å². The van der Waals surface area contributed by atoms with Gasteiger partial charge in [0.25, 0.3) is 0 Å². The highest BCUT2D eigenvalue weighted by Gasteiger charge is 2.69. The third kappa shape index (κ3) is 2.59. The quantitative estimate of drug-likeness (QED) is 0.277. The van der Waals surface area contributed by atoms with Crippen LogP contribution in [0.15, 0.2) is 9.98 Å². The first kappa shape index (κ1) is 19.4. The normalized spacial score (nSPS) is 33.0. The lowest BCUT2D eigenvalue weighted by Crippen LogP contribution is -2.76. The summed E-state index contributed by atoms with van der Waals surface area (Å²) < 4.78 is 4.74. The topological polar surface area (TPSA) is 185 Å². The van der Waals surface area contributed by atoms with Gasteiger partial charge in [-0.2, -0.15) is 0 Å². The van der Waals surface area contributed by atoms with Gasteiger partial charge in [-0.15, -0.1) is 24.8 Å². The Morgan fingerprint density at radius 2 is 2.04 bits per heavy atom. The molecule has 11 nitrogen and oxygen atoms in total. The van der Waals surface area contributed by atoms with Crippen LogP contribution in [0.1, 0.15) is 6.42 Å². The van der Waals surface area contributed by atoms with Gasteiger partial charge in [0.05, 0.1) is 0 Å². The number of rotatable bonds is 2. The van der Waals surface area contributed by atoms with E-state index in [4.69, 9.17) is 21.9 Å². The molecule has 0 saturated carbocycles. The van der Waals surface area contributed by atoms with Gasteiger partial charge in [-0.3, -0.25) is 0 Å². The first-order valence-electron chi connectivity index (χ1n) is 6.37. The smallest absolute Gasteiger partial charge is 0.404 e. The average Bonchev–Trinajstić information content (AvgIpc) is 2.85. The molecule has 1 fully saturated rings. The molecular weight excluding hydrogens is 353 g/mol. The summed E-state index contributed by atoms with van der Waals surface area (Å²) in [6, 6.07) is -1.50. The van der Waals surface area contributed by atoms with Crippen LogP contribution in [0.2, 0.25) is 0 Å². The van der Waals surface area contributed by atoms with Crippen LogP contribution < -0.4 is 22.5 Å². The van der Waals surface area contributed by atoms with E-state index in [0.29, 0.717) is 0 Å². The Kier molecular flexibility index (Phi) is 5.11. The van der Waals surface area contributed by atoms with Crippen molar-refractivity contribution in [3.63, 3.8) is 0 Å². The molecule has 13 heteroatoms. The SMILES string of the molecule is Cl.Cl.NC(=O)OC[C@@H]1N=C(N)N2CCC(O)(O)[C@@]23NC(N)=N[C@@H]13. The number of guanidine groups is 2. The van der Waals surface area contributed by atoms with E-state index in [0.717, 1.165) is 0 Å². The Labute approximate surface area is 143 Å². The molecule has 0 radical (unpaired) electrons. The molecule has 0 aromatic carbocycles. The number of carbonyl (C=O) groups is 1. The van der Waals surface area contributed by atoms with E-state index in [1.54, 1.807) is 0 Å². The minimum absolute atomic E-state index is 0. The van der Waals surface area contributed by atoms with Crippen molar-refractivity contribution in [1.29, 1.82) is 0 Å². The van der Waals surface area contributed by atoms with Gasteiger partial charge in [-0.05, 0) is 0 Å². The Bertz CT molecular complexity index is 557. The van der Waals surface area contributed by atoms with Crippen molar-refractivity contribution in [2.24, 2.45) is 27.2 Å². The summed E-state index contributed by atoms with van der Waals surface area (Å²) in [6.07, 6.45) is -0.923. The van der Waals surface area contributed by atoms with Gasteiger partial charge < -0.3 is 42.4 Å². The second kappa shape index (κ2) is 6.07. The minimum Gasteiger partial charge on any atom is -0.447 e. The molecule has 1 amide bonds. The molecule has 3 atom stereocenters. The van der Waals surface area contributed by atoms with Crippen LogP contribution in [-0.2, 0) is 4.74 Å². The molecule has 1 spiro atoms. The lowest BCUT2D eigenvalue weighted by atomic mass is 9.87. The van der Waals surface area contributed by atoms with Crippen molar-refractivity contribution in [3.8, 4) is 0 Å². The van der Waals surface area contributed by atoms with Crippen LogP contribution in [0.3, 0.4) is 0 Å². The molecule has 132 valence electrons. The van der Waals surface area contributed by atoms with Crippen LogP contribution in [-0.4, -0.2) is 69.8 Å². The fourth-order valence-electron chi connectivity index (χ4n) is 3.23. The number of halogens is 2. The zero-order valence-corrected chi connectivity index (χ0v) is 13.5. The van der Waals surface area contributed by atoms with Crippen LogP contribution in [0.4, 0.5) is 4.79 Å². The van der Waals surface area contributed by atoms with Crippen molar-refractivity contribution in [2.45, 2.75) is 30.0 Å². The summed E-state index contributed by atoms with van der Waals surface area (Å²) in [6.45, 7) is 0.0862. The van der Waals surface area contributed by atoms with Gasteiger partial charge in [0.2, 0.25) is 5.79 Å². The number of ether oxygens (including phenoxy) is 1. The lowest BCUT2D eigenvalue weighted by molar-refractivity contribution is -0.221. The summed E-state index contributed by atoms with van der Waals surface area (Å²) in [7, 11) is 0. The molecule has 0 bridgehead atoms. The van der Waals surface area contributed by atoms with Gasteiger partial charge in [-0.1, -0.05) is 0 Å². The molecule has 0 aliphatic carbocycles. The maximum absolute atomic E-state index is 10.8. The third-order valence-corrected chi connectivity index (χ3v) is 4.08. The number of amides is 1. The monoisotopic (exact) mass is 371 g/mol. The molecule has 3 aliphatic rings. The molecule has 0 aromatic rings. The predicted molar refractivity (Wildman–Crippen MR) is 85.2 cm³/mol. The van der Waals surface area contributed by atoms with Crippen molar-refractivity contribution < 1.29 is 19.7 Å². The first-order chi connectivity index (χ1) is 9.78. The number of primary amides is 1. The number of carbonyl (C=O) groups excluding carboxylic acids is 1. The number of hydrogen-bond donors (Lipinski definition) is 6. The molecule has 9 N–H and O–H groups in total. The molecular formula is C10H19Cl2N7O4. The summed E-state index contributed by atoms with van der Waals surface area (Å²) in [4.78, 5) is 20.6. The van der Waals surface area contributed by atoms with E-state index >= 15 is 0 Å². The summed E-state index contributed by atoms with van der Waals surface area (Å²) >= 11 is 0. The van der Waals surface area contributed by atoms with Gasteiger partial charge >= 0.3 is 6.09 Å². The standard InChI is InChI=1S/C10H17N7O4.2ClH/c11-6-15-5-4(3-21-8(13)18)14-7(12)17-2-1-9(19,20)10(5,17)16-6;;/h4-5,19-20H,1-3H2,(H2,12,14)(H2,13,18)(H3,11,15,16);2*1H/t4-,5-,10-;;/m0../s1. The zero-order valence-electron chi connectivity index (χ0n) is 11.9. The summed E-state index contributed by atoms with van der Waals surface area (Å²) in [5.74, 6) is -1.99. The third-order valence-electron chi connectivity index (χ3n) is 4.08. The van der Waals surface area contributed by atoms with E-state index in [1.807, 2.05) is 0 Å². The Morgan fingerprint density at radius 3 is 2.65 bits per heavy atom. The van der Waals surface area contributed by atoms with E-state index in [9.17, 15) is 15.0 Å². The highest BCUT2D eigenvalue weighted by molar-refractivity contribution is 5.87. The van der Waals surface area contributed by atoms with Crippen molar-refractivity contribution in [1.82, 2.24) is 10.2 Å². The average molecular weight is 372 g/mol. The zero-order chi connectivity index (χ0) is 15.4. The minimum atomic E-state index is -2.12. The second-order valence-electron chi connectivity index (χ2n) is 5.25. The van der Waals surface area contributed by atoms with E-state index < -0.39 is 29.6 Å². The van der Waals surface area contributed by atoms with Crippen molar-refractivity contribution in [3.05, 3.63) is 0 Å². The summed E-state index contributed by atoms with van der Waals surface area (Å²) in [5.41, 5.74) is 15.1. The number of nitrogens with one attached hydrogen (secondary N) is 1. The Morgan fingerprint density at radius 1 is 1.39 bits per heavy atom. The number of hydrogen-bond acceptors (Lipinski definition) is 10. The van der Waals surface area contributed by atoms with Crippen molar-refractivity contribution in [2.75, 3.05) is 13.2 Å². The van der Waals surface area contributed by atoms with Crippen LogP contribution in [0.25, 0.3) is 0 Å². The highest BCUT2D eigenvalue weighted by Crippen LogP contribution is 2.44. The highest BCUT2D eigenvalue weighted by atomic mass is 35.5. The van der Waals surface area contributed by atoms with Gasteiger partial charge in [-0.25, -0.2) is 14.8 Å². The largest absolute Gasteiger partial charge is 0.447 e. The maximum atomic E-state index is 10.8. The number of nitrogens with zero attached hydrogens (tertiary/aromatic N) is 3. The lowest BCUT2D eigenvalue weighted by Gasteiger charge is -2.48. The molecule has 3 heterocycles. The second-order valence-corrected chi connectivity index (χ2v) is 5.25. The van der Waals surface area contributed by atoms with Gasteiger partial charge in [0.1, 0.15) is 18.7 Å². The first-order valence-corrected chi connectivity index (χ1v) is 6.37. The van der Waals surface area contributed by atoms with Crippen LogP contribution in [0.5, 0.6) is 0 Å². The molecule has 0 aromatic heterocycles. The number of nitrogens with two attached hydrogens (primary N) is 3. The van der Waals surface area contributed by atoms with Crippen LogP contribution >= 0.6 is 24.8 Å². The molecule has 1 saturated heterocycles. The number of aliphatic imine (C=N–C) groups is 2. The molecule has 0 unspecified atom stereocenters. The van der Waals surface area contributed by atoms with E-state index in [1.165, 1.54) is 4.90 Å². The van der Waals surface area contributed by atoms with Gasteiger partial charge in [0, 0.05) is 13.0 Å². The van der Waals surface area contributed by atoms with Crippen LogP contribution in [0, 0.1) is 0 Å². The van der Waals surface area contributed by atoms with Crippen molar-refractivity contribution >= 4 is 42.8 Å². The fourth-order valence-corrected chi connectivity index (χ4v) is 3.23. The Hall–Kier alpha value is -1.69. The fraction of sp³-hybridized carbons (Fsp3) is 0.700. The molecule has 3 rings (SSSR count).